The average Bonchev–Trinajstić information content (AvgIpc) is 2.71. The van der Waals surface area contributed by atoms with Gasteiger partial charge in [0.05, 0.1) is 6.20 Å². The summed E-state index contributed by atoms with van der Waals surface area (Å²) in [6.07, 6.45) is 0.366. The third-order valence-electron chi connectivity index (χ3n) is 4.18. The zero-order chi connectivity index (χ0) is 20.8. The molecule has 0 aliphatic heterocycles. The fourth-order valence-corrected chi connectivity index (χ4v) is 2.77. The summed E-state index contributed by atoms with van der Waals surface area (Å²) in [5, 5.41) is 11.6. The Labute approximate surface area is 166 Å². The van der Waals surface area contributed by atoms with Crippen molar-refractivity contribution in [3.05, 3.63) is 82.3 Å². The molecular formula is C21H19N3O5. The summed E-state index contributed by atoms with van der Waals surface area (Å²) in [7, 11) is 0. The Balaban J connectivity index is 1.86. The minimum absolute atomic E-state index is 0.0325. The molecule has 3 rings (SSSR count). The van der Waals surface area contributed by atoms with Crippen molar-refractivity contribution < 1.29 is 19.4 Å². The lowest BCUT2D eigenvalue weighted by Crippen LogP contribution is -2.30. The fourth-order valence-electron chi connectivity index (χ4n) is 2.77. The molecule has 0 saturated heterocycles. The highest BCUT2D eigenvalue weighted by molar-refractivity contribution is 5.84. The number of carbonyl (C=O) groups is 2. The van der Waals surface area contributed by atoms with Gasteiger partial charge in [0.15, 0.2) is 0 Å². The third-order valence-corrected chi connectivity index (χ3v) is 4.18. The number of aliphatic carboxylic acids is 1. The number of benzene rings is 2. The summed E-state index contributed by atoms with van der Waals surface area (Å²) in [5.41, 5.74) is 1.41. The molecule has 0 bridgehead atoms. The molecule has 0 aliphatic carbocycles. The molecule has 3 aromatic rings. The van der Waals surface area contributed by atoms with Crippen molar-refractivity contribution in [3.63, 3.8) is 0 Å². The zero-order valence-corrected chi connectivity index (χ0v) is 15.7. The second-order valence-corrected chi connectivity index (χ2v) is 6.28. The van der Waals surface area contributed by atoms with Gasteiger partial charge in [0.25, 0.3) is 5.56 Å². The lowest BCUT2D eigenvalue weighted by molar-refractivity contribution is -0.137. The van der Waals surface area contributed by atoms with E-state index in [4.69, 9.17) is 4.74 Å². The topological polar surface area (TPSA) is 111 Å². The Morgan fingerprint density at radius 3 is 2.48 bits per heavy atom. The number of aryl methyl sites for hydroxylation is 1. The number of nitrogens with zero attached hydrogens (tertiary/aromatic N) is 2. The van der Waals surface area contributed by atoms with Crippen molar-refractivity contribution in [1.82, 2.24) is 9.55 Å². The smallest absolute Gasteiger partial charge is 0.412 e. The Bertz CT molecular complexity index is 1090. The number of anilines is 1. The molecule has 8 heteroatoms. The lowest BCUT2D eigenvalue weighted by atomic mass is 10.1. The lowest BCUT2D eigenvalue weighted by Gasteiger charge is -2.14. The average molecular weight is 393 g/mol. The molecule has 8 nitrogen and oxygen atoms in total. The van der Waals surface area contributed by atoms with Gasteiger partial charge in [-0.2, -0.15) is 0 Å². The van der Waals surface area contributed by atoms with Crippen LogP contribution in [0.3, 0.4) is 0 Å². The number of rotatable bonds is 6. The first-order valence-corrected chi connectivity index (χ1v) is 8.81. The molecule has 2 N–H and O–H groups in total. The van der Waals surface area contributed by atoms with Crippen LogP contribution in [0.2, 0.25) is 0 Å². The van der Waals surface area contributed by atoms with E-state index in [1.165, 1.54) is 6.20 Å². The van der Waals surface area contributed by atoms with E-state index in [2.05, 4.69) is 10.3 Å². The monoisotopic (exact) mass is 393 g/mol. The van der Waals surface area contributed by atoms with Gasteiger partial charge < -0.3 is 9.84 Å². The minimum Gasteiger partial charge on any atom is -0.480 e. The van der Waals surface area contributed by atoms with Crippen LogP contribution in [0.25, 0.3) is 11.4 Å². The van der Waals surface area contributed by atoms with Crippen LogP contribution in [0.4, 0.5) is 10.5 Å². The number of amides is 1. The molecular weight excluding hydrogens is 374 g/mol. The molecule has 0 atom stereocenters. The predicted molar refractivity (Wildman–Crippen MR) is 107 cm³/mol. The van der Waals surface area contributed by atoms with Gasteiger partial charge in [-0.25, -0.2) is 9.78 Å². The number of hydrogen-bond donors (Lipinski definition) is 2. The van der Waals surface area contributed by atoms with E-state index in [0.717, 1.165) is 15.7 Å². The van der Waals surface area contributed by atoms with E-state index in [1.807, 2.05) is 37.3 Å². The highest BCUT2D eigenvalue weighted by Crippen LogP contribution is 2.20. The molecule has 0 aliphatic rings. The van der Waals surface area contributed by atoms with E-state index < -0.39 is 24.2 Å². The Kier molecular flexibility index (Phi) is 6.03. The highest BCUT2D eigenvalue weighted by Gasteiger charge is 2.17. The molecule has 1 amide bonds. The Morgan fingerprint density at radius 1 is 1.10 bits per heavy atom. The second kappa shape index (κ2) is 8.83. The van der Waals surface area contributed by atoms with Crippen molar-refractivity contribution in [2.45, 2.75) is 20.1 Å². The molecule has 148 valence electrons. The van der Waals surface area contributed by atoms with Gasteiger partial charge in [-0.05, 0) is 18.1 Å². The van der Waals surface area contributed by atoms with Crippen LogP contribution in [-0.2, 0) is 22.7 Å². The summed E-state index contributed by atoms with van der Waals surface area (Å²) in [6, 6.07) is 16.2. The van der Waals surface area contributed by atoms with E-state index in [0.29, 0.717) is 5.56 Å². The van der Waals surface area contributed by atoms with Crippen LogP contribution >= 0.6 is 0 Å². The first-order chi connectivity index (χ1) is 14.0. The highest BCUT2D eigenvalue weighted by atomic mass is 16.5. The number of carbonyl (C=O) groups excluding carboxylic acids is 1. The summed E-state index contributed by atoms with van der Waals surface area (Å²) in [5.74, 6) is -0.994. The van der Waals surface area contributed by atoms with E-state index in [1.54, 1.807) is 24.3 Å². The van der Waals surface area contributed by atoms with Crippen molar-refractivity contribution in [2.24, 2.45) is 0 Å². The molecule has 2 aromatic carbocycles. The molecule has 1 heterocycles. The predicted octanol–water partition coefficient (Wildman–Crippen LogP) is 3.05. The maximum absolute atomic E-state index is 12.8. The first kappa shape index (κ1) is 19.8. The molecule has 1 aromatic heterocycles. The van der Waals surface area contributed by atoms with Crippen LogP contribution in [0.15, 0.2) is 65.6 Å². The van der Waals surface area contributed by atoms with Crippen LogP contribution in [0, 0.1) is 6.92 Å². The van der Waals surface area contributed by atoms with E-state index in [9.17, 15) is 19.5 Å². The summed E-state index contributed by atoms with van der Waals surface area (Å²) in [6.45, 7) is 1.27. The third kappa shape index (κ3) is 4.86. The van der Waals surface area contributed by atoms with Crippen molar-refractivity contribution in [3.8, 4) is 11.4 Å². The minimum atomic E-state index is -1.20. The SMILES string of the molecule is Cc1ccccc1-c1ncc(NC(=O)OCc2ccccc2)c(=O)n1CC(=O)O. The van der Waals surface area contributed by atoms with Gasteiger partial charge in [0.1, 0.15) is 24.7 Å². The number of aromatic nitrogens is 2. The van der Waals surface area contributed by atoms with Gasteiger partial charge in [-0.1, -0.05) is 54.6 Å². The molecule has 0 saturated carbocycles. The van der Waals surface area contributed by atoms with Gasteiger partial charge in [-0.3, -0.25) is 19.5 Å². The second-order valence-electron chi connectivity index (χ2n) is 6.28. The maximum Gasteiger partial charge on any atom is 0.412 e. The van der Waals surface area contributed by atoms with Crippen molar-refractivity contribution in [2.75, 3.05) is 5.32 Å². The summed E-state index contributed by atoms with van der Waals surface area (Å²) in [4.78, 5) is 40.4. The standard InChI is InChI=1S/C21H19N3O5/c1-14-7-5-6-10-16(14)19-22-11-17(20(27)24(19)12-18(25)26)23-21(28)29-13-15-8-3-2-4-9-15/h2-11H,12-13H2,1H3,(H,23,28)(H,25,26). The first-order valence-electron chi connectivity index (χ1n) is 8.81. The van der Waals surface area contributed by atoms with Gasteiger partial charge >= 0.3 is 12.1 Å². The number of carboxylic acid groups (broad SMARTS) is 1. The van der Waals surface area contributed by atoms with Gasteiger partial charge in [-0.15, -0.1) is 0 Å². The van der Waals surface area contributed by atoms with Crippen molar-refractivity contribution >= 4 is 17.7 Å². The summed E-state index contributed by atoms with van der Waals surface area (Å²) < 4.78 is 6.11. The molecule has 0 fully saturated rings. The summed E-state index contributed by atoms with van der Waals surface area (Å²) >= 11 is 0. The van der Waals surface area contributed by atoms with Crippen LogP contribution in [0.1, 0.15) is 11.1 Å². The largest absolute Gasteiger partial charge is 0.480 e. The van der Waals surface area contributed by atoms with Crippen molar-refractivity contribution in [1.29, 1.82) is 0 Å². The Morgan fingerprint density at radius 2 is 1.79 bits per heavy atom. The molecule has 0 spiro atoms. The number of carboxylic acids is 1. The van der Waals surface area contributed by atoms with Crippen LogP contribution in [0.5, 0.6) is 0 Å². The number of ether oxygens (including phenoxy) is 1. The van der Waals surface area contributed by atoms with E-state index in [-0.39, 0.29) is 18.1 Å². The van der Waals surface area contributed by atoms with Gasteiger partial charge in [0.2, 0.25) is 0 Å². The molecule has 0 unspecified atom stereocenters. The quantitative estimate of drug-likeness (QED) is 0.666. The van der Waals surface area contributed by atoms with Gasteiger partial charge in [0, 0.05) is 5.56 Å². The fraction of sp³-hybridized carbons (Fsp3) is 0.143. The number of nitrogens with one attached hydrogen (secondary N) is 1. The normalized spacial score (nSPS) is 10.4. The molecule has 0 radical (unpaired) electrons. The number of hydrogen-bond acceptors (Lipinski definition) is 5. The Hall–Kier alpha value is -3.94. The van der Waals surface area contributed by atoms with Crippen LogP contribution in [-0.4, -0.2) is 26.7 Å². The zero-order valence-electron chi connectivity index (χ0n) is 15.7. The molecule has 29 heavy (non-hydrogen) atoms. The van der Waals surface area contributed by atoms with E-state index >= 15 is 0 Å². The van der Waals surface area contributed by atoms with Crippen LogP contribution < -0.4 is 10.9 Å². The maximum atomic E-state index is 12.8.